The second kappa shape index (κ2) is 4.93. The number of nitrogens with zero attached hydrogens (tertiary/aromatic N) is 1. The maximum Gasteiger partial charge on any atom is 0.362 e. The molecular weight excluding hydrogens is 248 g/mol. The monoisotopic (exact) mass is 260 g/mol. The van der Waals surface area contributed by atoms with E-state index in [0.29, 0.717) is 23.5 Å². The fourth-order valence-electron chi connectivity index (χ4n) is 1.62. The molecule has 0 aromatic carbocycles. The van der Waals surface area contributed by atoms with E-state index in [0.717, 1.165) is 12.8 Å². The highest BCUT2D eigenvalue weighted by atomic mass is 35.5. The summed E-state index contributed by atoms with van der Waals surface area (Å²) in [6.07, 6.45) is 1.98. The molecule has 1 aromatic heterocycles. The molecule has 1 aliphatic rings. The number of aryl methyl sites for hydroxylation is 1. The number of ether oxygens (including phenoxy) is 1. The summed E-state index contributed by atoms with van der Waals surface area (Å²) in [4.78, 5) is 30.9. The minimum atomic E-state index is -0.665. The highest BCUT2D eigenvalue weighted by molar-refractivity contribution is 6.30. The fourth-order valence-corrected chi connectivity index (χ4v) is 1.74. The smallest absolute Gasteiger partial charge is 0.362 e. The van der Waals surface area contributed by atoms with E-state index in [9.17, 15) is 9.59 Å². The Morgan fingerprint density at radius 1 is 1.47 bits per heavy atom. The van der Waals surface area contributed by atoms with E-state index < -0.39 is 17.5 Å². The molecule has 0 radical (unpaired) electrons. The van der Waals surface area contributed by atoms with Gasteiger partial charge in [-0.2, -0.15) is 0 Å². The first-order valence-electron chi connectivity index (χ1n) is 5.40. The Hall–Kier alpha value is -1.27. The molecule has 1 aromatic rings. The molecule has 1 fully saturated rings. The van der Waals surface area contributed by atoms with Gasteiger partial charge < -0.3 is 14.6 Å². The quantitative estimate of drug-likeness (QED) is 0.838. The zero-order chi connectivity index (χ0) is 12.4. The summed E-state index contributed by atoms with van der Waals surface area (Å²) in [6, 6.07) is 0. The van der Waals surface area contributed by atoms with Crippen LogP contribution in [0.4, 0.5) is 0 Å². The molecule has 1 atom stereocenters. The van der Waals surface area contributed by atoms with Gasteiger partial charge in [0.1, 0.15) is 5.02 Å². The number of halogens is 1. The minimum absolute atomic E-state index is 0.0552. The molecule has 1 aliphatic heterocycles. The van der Waals surface area contributed by atoms with Gasteiger partial charge in [-0.3, -0.25) is 4.79 Å². The number of H-pyrrole nitrogens is 1. The first kappa shape index (κ1) is 12.2. The predicted molar refractivity (Wildman–Crippen MR) is 61.2 cm³/mol. The number of aromatic nitrogens is 2. The van der Waals surface area contributed by atoms with Crippen LogP contribution in [0.2, 0.25) is 5.02 Å². The second-order valence-corrected chi connectivity index (χ2v) is 4.25. The predicted octanol–water partition coefficient (Wildman–Crippen LogP) is 0.454. The second-order valence-electron chi connectivity index (χ2n) is 3.87. The van der Waals surface area contributed by atoms with Crippen molar-refractivity contribution in [3.8, 4) is 0 Å². The van der Waals surface area contributed by atoms with E-state index in [-0.39, 0.29) is 5.02 Å². The van der Waals surface area contributed by atoms with Gasteiger partial charge in [-0.1, -0.05) is 16.3 Å². The molecule has 0 bridgehead atoms. The van der Waals surface area contributed by atoms with Crippen molar-refractivity contribution in [3.05, 3.63) is 31.6 Å². The number of hydrogen-bond acceptors (Lipinski definition) is 4. The van der Waals surface area contributed by atoms with Gasteiger partial charge in [0.25, 0.3) is 0 Å². The third kappa shape index (κ3) is 2.53. The molecule has 6 nitrogen and oxygen atoms in total. The Balaban J connectivity index is 2.29. The van der Waals surface area contributed by atoms with Crippen LogP contribution in [0.1, 0.15) is 25.0 Å². The van der Waals surface area contributed by atoms with E-state index in [1.807, 2.05) is 0 Å². The van der Waals surface area contributed by atoms with Crippen molar-refractivity contribution in [3.63, 3.8) is 0 Å². The summed E-state index contributed by atoms with van der Waals surface area (Å²) in [5.74, 6) is 0. The van der Waals surface area contributed by atoms with E-state index in [4.69, 9.17) is 21.2 Å². The number of hydrogen-bond donors (Lipinski definition) is 1. The van der Waals surface area contributed by atoms with E-state index >= 15 is 0 Å². The lowest BCUT2D eigenvalue weighted by Crippen LogP contribution is -2.45. The van der Waals surface area contributed by atoms with E-state index in [1.165, 1.54) is 0 Å². The van der Waals surface area contributed by atoms with Crippen LogP contribution in [0, 0.1) is 6.92 Å². The molecule has 0 amide bonds. The Kier molecular flexibility index (Phi) is 3.54. The Morgan fingerprint density at radius 2 is 2.24 bits per heavy atom. The lowest BCUT2D eigenvalue weighted by molar-refractivity contribution is -0.169. The van der Waals surface area contributed by atoms with Crippen molar-refractivity contribution in [1.82, 2.24) is 9.71 Å². The van der Waals surface area contributed by atoms with Gasteiger partial charge in [-0.05, 0) is 19.8 Å². The molecule has 1 N–H and O–H groups in total. The molecular formula is C10H13ClN2O4. The zero-order valence-corrected chi connectivity index (χ0v) is 10.1. The molecule has 2 heterocycles. The summed E-state index contributed by atoms with van der Waals surface area (Å²) in [5.41, 5.74) is -0.987. The first-order chi connectivity index (χ1) is 8.09. The van der Waals surface area contributed by atoms with Crippen LogP contribution in [0.5, 0.6) is 0 Å². The fraction of sp³-hybridized carbons (Fsp3) is 0.600. The molecule has 1 unspecified atom stereocenters. The van der Waals surface area contributed by atoms with Crippen LogP contribution in [0.3, 0.4) is 0 Å². The first-order valence-corrected chi connectivity index (χ1v) is 5.77. The van der Waals surface area contributed by atoms with Gasteiger partial charge in [0, 0.05) is 12.1 Å². The van der Waals surface area contributed by atoms with Gasteiger partial charge >= 0.3 is 11.2 Å². The zero-order valence-electron chi connectivity index (χ0n) is 9.36. The molecule has 1 saturated heterocycles. The minimum Gasteiger partial charge on any atom is -0.374 e. The van der Waals surface area contributed by atoms with E-state index in [1.54, 1.807) is 6.92 Å². The maximum atomic E-state index is 11.7. The Bertz CT molecular complexity index is 516. The van der Waals surface area contributed by atoms with Crippen LogP contribution in [0.15, 0.2) is 9.59 Å². The summed E-state index contributed by atoms with van der Waals surface area (Å²) >= 11 is 5.75. The van der Waals surface area contributed by atoms with Gasteiger partial charge in [-0.25, -0.2) is 4.79 Å². The third-order valence-electron chi connectivity index (χ3n) is 2.54. The summed E-state index contributed by atoms with van der Waals surface area (Å²) in [6.45, 7) is 2.11. The summed E-state index contributed by atoms with van der Waals surface area (Å²) in [7, 11) is 0. The molecule has 2 rings (SSSR count). The Morgan fingerprint density at radius 3 is 2.88 bits per heavy atom. The number of rotatable bonds is 2. The highest BCUT2D eigenvalue weighted by Gasteiger charge is 2.19. The van der Waals surface area contributed by atoms with Crippen molar-refractivity contribution in [2.24, 2.45) is 0 Å². The average molecular weight is 261 g/mol. The van der Waals surface area contributed by atoms with Crippen molar-refractivity contribution < 1.29 is 9.57 Å². The Labute approximate surface area is 102 Å². The van der Waals surface area contributed by atoms with Crippen molar-refractivity contribution in [2.45, 2.75) is 32.5 Å². The standard InChI is InChI=1S/C10H13ClN2O4/c1-6-8(11)9(14)13(10(15)12-6)17-7-4-2-3-5-16-7/h7H,2-5H2,1H3,(H,12,15). The van der Waals surface area contributed by atoms with Crippen LogP contribution in [0.25, 0.3) is 0 Å². The highest BCUT2D eigenvalue weighted by Crippen LogP contribution is 2.11. The van der Waals surface area contributed by atoms with Crippen LogP contribution in [-0.4, -0.2) is 22.6 Å². The number of aromatic amines is 1. The van der Waals surface area contributed by atoms with Gasteiger partial charge in [0.05, 0.1) is 6.61 Å². The largest absolute Gasteiger partial charge is 0.374 e. The molecule has 0 spiro atoms. The van der Waals surface area contributed by atoms with Gasteiger partial charge in [-0.15, -0.1) is 0 Å². The maximum absolute atomic E-state index is 11.7. The summed E-state index contributed by atoms with van der Waals surface area (Å²) in [5, 5.41) is -0.0552. The van der Waals surface area contributed by atoms with Crippen molar-refractivity contribution in [2.75, 3.05) is 6.61 Å². The average Bonchev–Trinajstić information content (AvgIpc) is 2.33. The van der Waals surface area contributed by atoms with E-state index in [2.05, 4.69) is 4.98 Å². The molecule has 7 heteroatoms. The van der Waals surface area contributed by atoms with Crippen LogP contribution < -0.4 is 16.1 Å². The summed E-state index contributed by atoms with van der Waals surface area (Å²) < 4.78 is 5.90. The van der Waals surface area contributed by atoms with Crippen molar-refractivity contribution >= 4 is 11.6 Å². The molecule has 0 aliphatic carbocycles. The normalized spacial score (nSPS) is 20.2. The van der Waals surface area contributed by atoms with Crippen molar-refractivity contribution in [1.29, 1.82) is 0 Å². The van der Waals surface area contributed by atoms with Crippen LogP contribution in [-0.2, 0) is 4.74 Å². The number of nitrogens with one attached hydrogen (secondary N) is 1. The molecule has 94 valence electrons. The topological polar surface area (TPSA) is 73.3 Å². The van der Waals surface area contributed by atoms with Gasteiger partial charge in [0.2, 0.25) is 6.29 Å². The molecule has 17 heavy (non-hydrogen) atoms. The van der Waals surface area contributed by atoms with Crippen LogP contribution >= 0.6 is 11.6 Å². The lowest BCUT2D eigenvalue weighted by atomic mass is 10.2. The van der Waals surface area contributed by atoms with Gasteiger partial charge in [0.15, 0.2) is 0 Å². The SMILES string of the molecule is Cc1[nH]c(=O)n(OC2CCCCO2)c(=O)c1Cl. The third-order valence-corrected chi connectivity index (χ3v) is 2.99. The lowest BCUT2D eigenvalue weighted by Gasteiger charge is -2.22. The molecule has 0 saturated carbocycles.